The van der Waals surface area contributed by atoms with E-state index in [-0.39, 0.29) is 24.2 Å². The molecule has 26 heavy (non-hydrogen) atoms. The molecule has 1 aliphatic heterocycles. The van der Waals surface area contributed by atoms with Gasteiger partial charge in [-0.25, -0.2) is 4.98 Å². The minimum absolute atomic E-state index is 0. The molecule has 3 rings (SSSR count). The molecule has 8 heteroatoms. The van der Waals surface area contributed by atoms with Gasteiger partial charge < -0.3 is 20.5 Å². The van der Waals surface area contributed by atoms with Crippen molar-refractivity contribution in [2.75, 3.05) is 25.6 Å². The summed E-state index contributed by atoms with van der Waals surface area (Å²) in [6, 6.07) is 7.18. The van der Waals surface area contributed by atoms with Crippen LogP contribution in [0.25, 0.3) is 11.3 Å². The highest BCUT2D eigenvalue weighted by molar-refractivity contribution is 7.16. The molecule has 3 N–H and O–H groups in total. The van der Waals surface area contributed by atoms with Crippen molar-refractivity contribution >= 4 is 34.8 Å². The van der Waals surface area contributed by atoms with Crippen LogP contribution in [0.2, 0.25) is 0 Å². The summed E-state index contributed by atoms with van der Waals surface area (Å²) in [5, 5.41) is 3.45. The predicted molar refractivity (Wildman–Crippen MR) is 106 cm³/mol. The van der Waals surface area contributed by atoms with Crippen molar-refractivity contribution in [3.63, 3.8) is 0 Å². The molecule has 0 bridgehead atoms. The van der Waals surface area contributed by atoms with E-state index in [0.717, 1.165) is 34.7 Å². The van der Waals surface area contributed by atoms with Crippen molar-refractivity contribution in [2.24, 2.45) is 11.7 Å². The van der Waals surface area contributed by atoms with Crippen LogP contribution < -0.4 is 15.8 Å². The van der Waals surface area contributed by atoms with Crippen LogP contribution in [-0.4, -0.2) is 37.3 Å². The second-order valence-corrected chi connectivity index (χ2v) is 7.32. The monoisotopic (exact) mass is 397 g/mol. The number of carbonyl (C=O) groups excluding carboxylic acids is 1. The molecule has 1 atom stereocenters. The van der Waals surface area contributed by atoms with Gasteiger partial charge in [-0.3, -0.25) is 4.79 Å². The summed E-state index contributed by atoms with van der Waals surface area (Å²) in [7, 11) is 1.64. The summed E-state index contributed by atoms with van der Waals surface area (Å²) in [6.45, 7) is 3.33. The fourth-order valence-electron chi connectivity index (χ4n) is 2.94. The average molecular weight is 398 g/mol. The topological polar surface area (TPSA) is 86.5 Å². The molecule has 1 aromatic heterocycles. The van der Waals surface area contributed by atoms with Crippen LogP contribution in [-0.2, 0) is 9.53 Å². The van der Waals surface area contributed by atoms with Gasteiger partial charge in [-0.1, -0.05) is 0 Å². The molecule has 1 aliphatic rings. The molecule has 6 nitrogen and oxygen atoms in total. The van der Waals surface area contributed by atoms with E-state index in [1.165, 1.54) is 11.3 Å². The van der Waals surface area contributed by atoms with E-state index >= 15 is 0 Å². The first-order chi connectivity index (χ1) is 12.1. The summed E-state index contributed by atoms with van der Waals surface area (Å²) >= 11 is 1.46. The van der Waals surface area contributed by atoms with Crippen molar-refractivity contribution < 1.29 is 14.3 Å². The lowest BCUT2D eigenvalue weighted by Crippen LogP contribution is -2.43. The van der Waals surface area contributed by atoms with E-state index in [9.17, 15) is 4.79 Å². The maximum absolute atomic E-state index is 12.4. The van der Waals surface area contributed by atoms with Crippen LogP contribution in [0.4, 0.5) is 5.13 Å². The van der Waals surface area contributed by atoms with Gasteiger partial charge in [0.1, 0.15) is 5.75 Å². The van der Waals surface area contributed by atoms with Crippen LogP contribution >= 0.6 is 23.7 Å². The van der Waals surface area contributed by atoms with Crippen molar-refractivity contribution in [1.29, 1.82) is 0 Å². The molecule has 0 aliphatic carbocycles. The Bertz CT molecular complexity index is 730. The van der Waals surface area contributed by atoms with E-state index in [1.54, 1.807) is 7.11 Å². The average Bonchev–Trinajstić information content (AvgIpc) is 3.02. The fourth-order valence-corrected chi connectivity index (χ4v) is 3.78. The third kappa shape index (κ3) is 4.73. The van der Waals surface area contributed by atoms with Gasteiger partial charge in [-0.2, -0.15) is 0 Å². The molecule has 1 fully saturated rings. The molecule has 0 spiro atoms. The second-order valence-electron chi connectivity index (χ2n) is 6.12. The minimum Gasteiger partial charge on any atom is -0.497 e. The molecule has 1 aromatic carbocycles. The number of nitrogens with one attached hydrogen (secondary N) is 1. The Hall–Kier alpha value is -1.67. The molecular weight excluding hydrogens is 374 g/mol. The van der Waals surface area contributed by atoms with Gasteiger partial charge in [0, 0.05) is 23.7 Å². The van der Waals surface area contributed by atoms with Gasteiger partial charge in [-0.05, 0) is 49.9 Å². The van der Waals surface area contributed by atoms with Gasteiger partial charge in [0.2, 0.25) is 5.91 Å². The highest BCUT2D eigenvalue weighted by Crippen LogP contribution is 2.31. The predicted octanol–water partition coefficient (Wildman–Crippen LogP) is 3.24. The van der Waals surface area contributed by atoms with E-state index < -0.39 is 6.04 Å². The van der Waals surface area contributed by atoms with Crippen LogP contribution in [0, 0.1) is 12.8 Å². The smallest absolute Gasteiger partial charge is 0.243 e. The molecular formula is C18H24ClN3O3S. The van der Waals surface area contributed by atoms with Crippen molar-refractivity contribution in [2.45, 2.75) is 25.8 Å². The van der Waals surface area contributed by atoms with Gasteiger partial charge in [0.05, 0.1) is 18.8 Å². The third-order valence-corrected chi connectivity index (χ3v) is 5.35. The van der Waals surface area contributed by atoms with Crippen LogP contribution in [0.15, 0.2) is 24.3 Å². The van der Waals surface area contributed by atoms with E-state index in [0.29, 0.717) is 18.3 Å². The van der Waals surface area contributed by atoms with Gasteiger partial charge in [0.15, 0.2) is 5.13 Å². The molecule has 1 unspecified atom stereocenters. The number of nitrogens with two attached hydrogens (primary N) is 1. The molecule has 0 radical (unpaired) electrons. The summed E-state index contributed by atoms with van der Waals surface area (Å²) < 4.78 is 10.5. The van der Waals surface area contributed by atoms with Crippen molar-refractivity contribution in [3.05, 3.63) is 29.1 Å². The number of ether oxygens (including phenoxy) is 2. The van der Waals surface area contributed by atoms with Gasteiger partial charge in [0.25, 0.3) is 0 Å². The normalized spacial score (nSPS) is 15.8. The molecule has 1 amide bonds. The third-order valence-electron chi connectivity index (χ3n) is 4.47. The van der Waals surface area contributed by atoms with Gasteiger partial charge >= 0.3 is 0 Å². The molecule has 0 saturated carbocycles. The highest BCUT2D eigenvalue weighted by Gasteiger charge is 2.27. The Morgan fingerprint density at radius 2 is 2.00 bits per heavy atom. The fraction of sp³-hybridized carbons (Fsp3) is 0.444. The van der Waals surface area contributed by atoms with E-state index in [1.807, 2.05) is 31.2 Å². The number of methoxy groups -OCH3 is 1. The Morgan fingerprint density at radius 3 is 2.62 bits per heavy atom. The number of anilines is 1. The van der Waals surface area contributed by atoms with Crippen LogP contribution in [0.3, 0.4) is 0 Å². The standard InChI is InChI=1S/C18H23N3O3S.ClH/c1-11-16(13-3-5-14(23-2)6-4-13)20-18(25-11)21-17(22)15(19)12-7-9-24-10-8-12;/h3-6,12,15H,7-10,19H2,1-2H3,(H,20,21,22);1H. The molecule has 2 aromatic rings. The zero-order valence-electron chi connectivity index (χ0n) is 14.9. The van der Waals surface area contributed by atoms with Crippen molar-refractivity contribution in [1.82, 2.24) is 4.98 Å². The number of aryl methyl sites for hydroxylation is 1. The van der Waals surface area contributed by atoms with Crippen LogP contribution in [0.5, 0.6) is 5.75 Å². The Labute approximate surface area is 163 Å². The molecule has 1 saturated heterocycles. The summed E-state index contributed by atoms with van der Waals surface area (Å²) in [6.07, 6.45) is 1.64. The number of nitrogens with zero attached hydrogens (tertiary/aromatic N) is 1. The Morgan fingerprint density at radius 1 is 1.35 bits per heavy atom. The number of thiazole rings is 1. The second kappa shape index (κ2) is 9.32. The number of rotatable bonds is 5. The zero-order chi connectivity index (χ0) is 17.8. The number of aromatic nitrogens is 1. The van der Waals surface area contributed by atoms with E-state index in [2.05, 4.69) is 10.3 Å². The van der Waals surface area contributed by atoms with Gasteiger partial charge in [-0.15, -0.1) is 23.7 Å². The first-order valence-electron chi connectivity index (χ1n) is 8.34. The molecule has 142 valence electrons. The quantitative estimate of drug-likeness (QED) is 0.808. The lowest BCUT2D eigenvalue weighted by Gasteiger charge is -2.26. The van der Waals surface area contributed by atoms with Crippen molar-refractivity contribution in [3.8, 4) is 17.0 Å². The molecule has 2 heterocycles. The lowest BCUT2D eigenvalue weighted by molar-refractivity contribution is -0.119. The number of hydrogen-bond acceptors (Lipinski definition) is 6. The largest absolute Gasteiger partial charge is 0.497 e. The highest BCUT2D eigenvalue weighted by atomic mass is 35.5. The minimum atomic E-state index is -0.530. The maximum Gasteiger partial charge on any atom is 0.243 e. The van der Waals surface area contributed by atoms with E-state index in [4.69, 9.17) is 15.2 Å². The number of amides is 1. The zero-order valence-corrected chi connectivity index (χ0v) is 16.5. The first kappa shape index (κ1) is 20.6. The Kier molecular flexibility index (Phi) is 7.40. The maximum atomic E-state index is 12.4. The summed E-state index contributed by atoms with van der Waals surface area (Å²) in [4.78, 5) is 18.0. The van der Waals surface area contributed by atoms with Crippen LogP contribution in [0.1, 0.15) is 17.7 Å². The number of carbonyl (C=O) groups is 1. The SMILES string of the molecule is COc1ccc(-c2nc(NC(=O)C(N)C3CCOCC3)sc2C)cc1.Cl. The Balaban J connectivity index is 0.00000243. The first-order valence-corrected chi connectivity index (χ1v) is 9.16. The number of halogens is 1. The number of benzene rings is 1. The summed E-state index contributed by atoms with van der Waals surface area (Å²) in [5.74, 6) is 0.783. The number of hydrogen-bond donors (Lipinski definition) is 2. The summed E-state index contributed by atoms with van der Waals surface area (Å²) in [5.41, 5.74) is 7.98. The lowest BCUT2D eigenvalue weighted by atomic mass is 9.92.